The Hall–Kier alpha value is -0.610. The third-order valence-electron chi connectivity index (χ3n) is 3.72. The van der Waals surface area contributed by atoms with Crippen molar-refractivity contribution in [3.63, 3.8) is 0 Å². The van der Waals surface area contributed by atoms with Gasteiger partial charge in [-0.3, -0.25) is 4.79 Å². The molecule has 0 bridgehead atoms. The Labute approximate surface area is 97.1 Å². The second-order valence-corrected chi connectivity index (χ2v) is 5.01. The Morgan fingerprint density at radius 1 is 1.44 bits per heavy atom. The monoisotopic (exact) mass is 226 g/mol. The van der Waals surface area contributed by atoms with Crippen molar-refractivity contribution >= 4 is 5.91 Å². The summed E-state index contributed by atoms with van der Waals surface area (Å²) >= 11 is 0. The average Bonchev–Trinajstić information content (AvgIpc) is 2.81. The Balaban J connectivity index is 2.01. The topological polar surface area (TPSA) is 55.6 Å². The van der Waals surface area contributed by atoms with E-state index in [4.69, 9.17) is 10.5 Å². The second kappa shape index (κ2) is 5.15. The maximum Gasteiger partial charge on any atom is 0.228 e. The largest absolute Gasteiger partial charge is 0.381 e. The first-order valence-electron chi connectivity index (χ1n) is 6.34. The van der Waals surface area contributed by atoms with Gasteiger partial charge < -0.3 is 15.4 Å². The van der Waals surface area contributed by atoms with Gasteiger partial charge >= 0.3 is 0 Å². The van der Waals surface area contributed by atoms with Crippen molar-refractivity contribution in [2.75, 3.05) is 19.8 Å². The third-order valence-corrected chi connectivity index (χ3v) is 3.72. The molecule has 0 spiro atoms. The first-order valence-corrected chi connectivity index (χ1v) is 6.34. The molecular formula is C12H22N2O2. The van der Waals surface area contributed by atoms with Crippen LogP contribution in [0.15, 0.2) is 0 Å². The minimum absolute atomic E-state index is 0.0755. The standard InChI is InChI=1S/C12H22N2O2/c1-9(13)11-4-2-3-6-14(11)12(15)10-5-7-16-8-10/h9-11H,2-8,13H2,1H3. The van der Waals surface area contributed by atoms with Crippen molar-refractivity contribution in [2.45, 2.75) is 44.7 Å². The number of hydrogen-bond acceptors (Lipinski definition) is 3. The van der Waals surface area contributed by atoms with E-state index in [-0.39, 0.29) is 23.9 Å². The summed E-state index contributed by atoms with van der Waals surface area (Å²) in [6.45, 7) is 4.21. The normalized spacial score (nSPS) is 32.8. The molecule has 1 amide bonds. The van der Waals surface area contributed by atoms with Crippen molar-refractivity contribution in [2.24, 2.45) is 11.7 Å². The minimum atomic E-state index is 0.0755. The average molecular weight is 226 g/mol. The first-order chi connectivity index (χ1) is 7.70. The number of ether oxygens (including phenoxy) is 1. The van der Waals surface area contributed by atoms with Gasteiger partial charge in [0.1, 0.15) is 0 Å². The summed E-state index contributed by atoms with van der Waals surface area (Å²) in [5.41, 5.74) is 5.97. The molecule has 2 fully saturated rings. The third kappa shape index (κ3) is 2.38. The number of carbonyl (C=O) groups excluding carboxylic acids is 1. The van der Waals surface area contributed by atoms with Crippen molar-refractivity contribution in [3.8, 4) is 0 Å². The van der Waals surface area contributed by atoms with Crippen LogP contribution in [0.4, 0.5) is 0 Å². The van der Waals surface area contributed by atoms with Crippen molar-refractivity contribution in [1.82, 2.24) is 4.90 Å². The number of nitrogens with zero attached hydrogens (tertiary/aromatic N) is 1. The van der Waals surface area contributed by atoms with E-state index >= 15 is 0 Å². The molecule has 0 aromatic carbocycles. The molecule has 16 heavy (non-hydrogen) atoms. The van der Waals surface area contributed by atoms with E-state index in [0.717, 1.165) is 32.4 Å². The first kappa shape index (κ1) is 11.9. The Bertz CT molecular complexity index is 249. The molecule has 2 saturated heterocycles. The number of piperidine rings is 1. The number of carbonyl (C=O) groups is 1. The van der Waals surface area contributed by atoms with E-state index in [1.807, 2.05) is 11.8 Å². The zero-order valence-corrected chi connectivity index (χ0v) is 10.0. The summed E-state index contributed by atoms with van der Waals surface area (Å²) in [5.74, 6) is 0.346. The summed E-state index contributed by atoms with van der Waals surface area (Å²) in [7, 11) is 0. The van der Waals surface area contributed by atoms with Crippen LogP contribution >= 0.6 is 0 Å². The van der Waals surface area contributed by atoms with Crippen LogP contribution in [0.1, 0.15) is 32.6 Å². The summed E-state index contributed by atoms with van der Waals surface area (Å²) < 4.78 is 5.29. The van der Waals surface area contributed by atoms with Crippen LogP contribution in [0.25, 0.3) is 0 Å². The highest BCUT2D eigenvalue weighted by atomic mass is 16.5. The number of rotatable bonds is 2. The Morgan fingerprint density at radius 2 is 2.25 bits per heavy atom. The van der Waals surface area contributed by atoms with E-state index < -0.39 is 0 Å². The van der Waals surface area contributed by atoms with Crippen LogP contribution in [-0.2, 0) is 9.53 Å². The molecule has 2 rings (SSSR count). The quantitative estimate of drug-likeness (QED) is 0.756. The molecule has 2 heterocycles. The Morgan fingerprint density at radius 3 is 2.88 bits per heavy atom. The fourth-order valence-electron chi connectivity index (χ4n) is 2.74. The second-order valence-electron chi connectivity index (χ2n) is 5.01. The van der Waals surface area contributed by atoms with Gasteiger partial charge in [-0.1, -0.05) is 0 Å². The molecule has 0 saturated carbocycles. The highest BCUT2D eigenvalue weighted by Crippen LogP contribution is 2.24. The summed E-state index contributed by atoms with van der Waals surface area (Å²) in [4.78, 5) is 14.3. The van der Waals surface area contributed by atoms with Crippen LogP contribution in [0.2, 0.25) is 0 Å². The number of likely N-dealkylation sites (tertiary alicyclic amines) is 1. The molecule has 0 aliphatic carbocycles. The smallest absolute Gasteiger partial charge is 0.228 e. The van der Waals surface area contributed by atoms with Crippen LogP contribution < -0.4 is 5.73 Å². The number of nitrogens with two attached hydrogens (primary N) is 1. The molecule has 0 aromatic heterocycles. The maximum atomic E-state index is 12.3. The highest BCUT2D eigenvalue weighted by Gasteiger charge is 2.34. The van der Waals surface area contributed by atoms with Gasteiger partial charge in [0, 0.05) is 25.2 Å². The van der Waals surface area contributed by atoms with Crippen LogP contribution in [-0.4, -0.2) is 42.6 Å². The van der Waals surface area contributed by atoms with Crippen LogP contribution in [0, 0.1) is 5.92 Å². The SMILES string of the molecule is CC(N)C1CCCCN1C(=O)C1CCOC1. The van der Waals surface area contributed by atoms with Crippen molar-refractivity contribution in [1.29, 1.82) is 0 Å². The van der Waals surface area contributed by atoms with Gasteiger partial charge in [-0.15, -0.1) is 0 Å². The lowest BCUT2D eigenvalue weighted by molar-refractivity contribution is -0.139. The molecule has 3 atom stereocenters. The van der Waals surface area contributed by atoms with Gasteiger partial charge in [0.25, 0.3) is 0 Å². The molecule has 0 radical (unpaired) electrons. The van der Waals surface area contributed by atoms with E-state index in [2.05, 4.69) is 0 Å². The van der Waals surface area contributed by atoms with Gasteiger partial charge in [0.15, 0.2) is 0 Å². The number of amides is 1. The lowest BCUT2D eigenvalue weighted by Gasteiger charge is -2.39. The van der Waals surface area contributed by atoms with E-state index in [1.54, 1.807) is 0 Å². The van der Waals surface area contributed by atoms with E-state index in [1.165, 1.54) is 6.42 Å². The van der Waals surface area contributed by atoms with Gasteiger partial charge in [-0.05, 0) is 32.6 Å². The van der Waals surface area contributed by atoms with Gasteiger partial charge in [0.2, 0.25) is 5.91 Å². The lowest BCUT2D eigenvalue weighted by Crippen LogP contribution is -2.53. The summed E-state index contributed by atoms with van der Waals surface area (Å²) in [6.07, 6.45) is 4.23. The van der Waals surface area contributed by atoms with E-state index in [0.29, 0.717) is 6.61 Å². The Kier molecular flexibility index (Phi) is 3.82. The van der Waals surface area contributed by atoms with Crippen LogP contribution in [0.3, 0.4) is 0 Å². The molecule has 2 N–H and O–H groups in total. The fourth-order valence-corrected chi connectivity index (χ4v) is 2.74. The van der Waals surface area contributed by atoms with Crippen molar-refractivity contribution < 1.29 is 9.53 Å². The van der Waals surface area contributed by atoms with Crippen molar-refractivity contribution in [3.05, 3.63) is 0 Å². The summed E-state index contributed by atoms with van der Waals surface area (Å²) in [5, 5.41) is 0. The predicted molar refractivity (Wildman–Crippen MR) is 61.9 cm³/mol. The molecular weight excluding hydrogens is 204 g/mol. The predicted octanol–water partition coefficient (Wildman–Crippen LogP) is 0.751. The zero-order valence-electron chi connectivity index (χ0n) is 10.0. The molecule has 2 aliphatic heterocycles. The number of hydrogen-bond donors (Lipinski definition) is 1. The van der Waals surface area contributed by atoms with Gasteiger partial charge in [-0.25, -0.2) is 0 Å². The highest BCUT2D eigenvalue weighted by molar-refractivity contribution is 5.79. The molecule has 0 aromatic rings. The molecule has 4 nitrogen and oxygen atoms in total. The molecule has 4 heteroatoms. The lowest BCUT2D eigenvalue weighted by atomic mass is 9.94. The van der Waals surface area contributed by atoms with Gasteiger partial charge in [0.05, 0.1) is 12.5 Å². The minimum Gasteiger partial charge on any atom is -0.381 e. The molecule has 92 valence electrons. The van der Waals surface area contributed by atoms with Gasteiger partial charge in [-0.2, -0.15) is 0 Å². The van der Waals surface area contributed by atoms with E-state index in [9.17, 15) is 4.79 Å². The maximum absolute atomic E-state index is 12.3. The van der Waals surface area contributed by atoms with Crippen LogP contribution in [0.5, 0.6) is 0 Å². The zero-order chi connectivity index (χ0) is 11.5. The molecule has 2 aliphatic rings. The summed E-state index contributed by atoms with van der Waals surface area (Å²) in [6, 6.07) is 0.313. The molecule has 3 unspecified atom stereocenters. The fraction of sp³-hybridized carbons (Fsp3) is 0.917.